The minimum absolute atomic E-state index is 0.00303. The molecule has 0 spiro atoms. The maximum atomic E-state index is 11.4. The molecule has 0 fully saturated rings. The number of hydrogen-bond acceptors (Lipinski definition) is 6. The minimum Gasteiger partial charge on any atom is -0.494 e. The second-order valence-corrected chi connectivity index (χ2v) is 4.15. The van der Waals surface area contributed by atoms with E-state index in [0.717, 1.165) is 6.21 Å². The molecule has 0 bridgehead atoms. The highest BCUT2D eigenvalue weighted by Crippen LogP contribution is 2.10. The Labute approximate surface area is 101 Å². The van der Waals surface area contributed by atoms with Gasteiger partial charge in [0, 0.05) is 6.21 Å². The number of aromatic hydroxyl groups is 1. The highest BCUT2D eigenvalue weighted by molar-refractivity contribution is 7.71. The number of aliphatic imine (C=N–C) groups is 1. The van der Waals surface area contributed by atoms with Gasteiger partial charge in [0.05, 0.1) is 13.2 Å². The molecule has 0 aliphatic carbocycles. The Hall–Kier alpha value is -1.51. The van der Waals surface area contributed by atoms with E-state index in [-0.39, 0.29) is 23.5 Å². The number of aromatic nitrogens is 2. The normalized spacial score (nSPS) is 12.2. The highest BCUT2D eigenvalue weighted by Gasteiger charge is 2.20. The van der Waals surface area contributed by atoms with Gasteiger partial charge in [-0.1, -0.05) is 0 Å². The van der Waals surface area contributed by atoms with E-state index in [1.165, 1.54) is 6.92 Å². The van der Waals surface area contributed by atoms with Gasteiger partial charge < -0.3 is 20.3 Å². The van der Waals surface area contributed by atoms with Gasteiger partial charge in [-0.2, -0.15) is 0 Å². The van der Waals surface area contributed by atoms with E-state index in [0.29, 0.717) is 0 Å². The Kier molecular flexibility index (Phi) is 4.16. The molecule has 0 radical (unpaired) electrons. The number of nitrogens with one attached hydrogen (secondary N) is 2. The van der Waals surface area contributed by atoms with Crippen LogP contribution in [0, 0.1) is 4.77 Å². The molecule has 8 heteroatoms. The summed E-state index contributed by atoms with van der Waals surface area (Å²) < 4.78 is -0.00303. The van der Waals surface area contributed by atoms with E-state index in [4.69, 9.17) is 10.2 Å². The summed E-state index contributed by atoms with van der Waals surface area (Å²) in [6.07, 6.45) is 1.08. The molecule has 0 saturated carbocycles. The molecule has 7 nitrogen and oxygen atoms in total. The first-order valence-corrected chi connectivity index (χ1v) is 5.15. The third-order valence-electron chi connectivity index (χ3n) is 2.15. The summed E-state index contributed by atoms with van der Waals surface area (Å²) in [5.74, 6) is -0.416. The number of aliphatic hydroxyl groups excluding tert-OH is 2. The van der Waals surface area contributed by atoms with E-state index in [1.807, 2.05) is 0 Å². The summed E-state index contributed by atoms with van der Waals surface area (Å²) in [5, 5.41) is 27.5. The smallest absolute Gasteiger partial charge is 0.264 e. The average Bonchev–Trinajstić information content (AvgIpc) is 2.27. The molecule has 1 aromatic rings. The highest BCUT2D eigenvalue weighted by atomic mass is 32.1. The van der Waals surface area contributed by atoms with Crippen molar-refractivity contribution >= 4 is 18.4 Å². The fourth-order valence-corrected chi connectivity index (χ4v) is 1.15. The van der Waals surface area contributed by atoms with Gasteiger partial charge in [-0.15, -0.1) is 0 Å². The zero-order valence-electron chi connectivity index (χ0n) is 9.10. The molecular formula is C9H13N3O4S. The number of H-pyrrole nitrogens is 2. The number of nitrogens with zero attached hydrogens (tertiary/aromatic N) is 1. The van der Waals surface area contributed by atoms with E-state index in [1.54, 1.807) is 0 Å². The number of aromatic amines is 2. The summed E-state index contributed by atoms with van der Waals surface area (Å²) in [7, 11) is 0. The zero-order chi connectivity index (χ0) is 13.1. The summed E-state index contributed by atoms with van der Waals surface area (Å²) in [4.78, 5) is 19.9. The van der Waals surface area contributed by atoms with Crippen LogP contribution in [0.4, 0.5) is 0 Å². The van der Waals surface area contributed by atoms with Gasteiger partial charge in [0.2, 0.25) is 5.88 Å². The minimum atomic E-state index is -1.11. The first kappa shape index (κ1) is 13.6. The van der Waals surface area contributed by atoms with Gasteiger partial charge in [0.15, 0.2) is 4.77 Å². The van der Waals surface area contributed by atoms with Crippen LogP contribution in [0.5, 0.6) is 5.88 Å². The van der Waals surface area contributed by atoms with Gasteiger partial charge in [-0.25, -0.2) is 0 Å². The molecule has 0 aromatic carbocycles. The van der Waals surface area contributed by atoms with E-state index in [9.17, 15) is 9.90 Å². The van der Waals surface area contributed by atoms with Crippen molar-refractivity contribution in [3.05, 3.63) is 20.7 Å². The Bertz CT molecular complexity index is 530. The van der Waals surface area contributed by atoms with Gasteiger partial charge in [0.1, 0.15) is 11.1 Å². The molecule has 1 heterocycles. The van der Waals surface area contributed by atoms with Crippen molar-refractivity contribution in [2.24, 2.45) is 4.99 Å². The molecular weight excluding hydrogens is 246 g/mol. The van der Waals surface area contributed by atoms with Crippen molar-refractivity contribution < 1.29 is 15.3 Å². The summed E-state index contributed by atoms with van der Waals surface area (Å²) >= 11 is 4.65. The van der Waals surface area contributed by atoms with Crippen LogP contribution in [-0.2, 0) is 0 Å². The topological polar surface area (TPSA) is 122 Å². The van der Waals surface area contributed by atoms with Crippen LogP contribution in [0.25, 0.3) is 0 Å². The second kappa shape index (κ2) is 5.21. The van der Waals surface area contributed by atoms with Crippen LogP contribution in [-0.4, -0.2) is 50.3 Å². The third-order valence-corrected chi connectivity index (χ3v) is 2.35. The molecule has 0 saturated heterocycles. The average molecular weight is 259 g/mol. The van der Waals surface area contributed by atoms with Gasteiger partial charge in [-0.3, -0.25) is 14.8 Å². The molecule has 1 rings (SSSR count). The molecule has 5 N–H and O–H groups in total. The van der Waals surface area contributed by atoms with Gasteiger partial charge in [0.25, 0.3) is 5.56 Å². The lowest BCUT2D eigenvalue weighted by Gasteiger charge is -2.18. The maximum absolute atomic E-state index is 11.4. The van der Waals surface area contributed by atoms with E-state index in [2.05, 4.69) is 27.2 Å². The Balaban J connectivity index is 3.16. The van der Waals surface area contributed by atoms with Crippen molar-refractivity contribution in [2.75, 3.05) is 13.2 Å². The van der Waals surface area contributed by atoms with Crippen molar-refractivity contribution in [1.82, 2.24) is 9.97 Å². The van der Waals surface area contributed by atoms with Crippen LogP contribution in [0.2, 0.25) is 0 Å². The van der Waals surface area contributed by atoms with Crippen molar-refractivity contribution in [3.63, 3.8) is 0 Å². The van der Waals surface area contributed by atoms with Crippen LogP contribution >= 0.6 is 12.2 Å². The fraction of sp³-hybridized carbons (Fsp3) is 0.444. The summed E-state index contributed by atoms with van der Waals surface area (Å²) in [6, 6.07) is 0. The number of rotatable bonds is 4. The fourth-order valence-electron chi connectivity index (χ4n) is 0.956. The quantitative estimate of drug-likeness (QED) is 0.361. The van der Waals surface area contributed by atoms with Crippen molar-refractivity contribution in [1.29, 1.82) is 0 Å². The largest absolute Gasteiger partial charge is 0.494 e. The monoisotopic (exact) mass is 259 g/mol. The predicted octanol–water partition coefficient (Wildman–Crippen LogP) is -0.700. The first-order chi connectivity index (χ1) is 7.91. The standard InChI is InChI=1S/C9H13N3O4S/c1-9(3-13,4-14)10-2-5-6(15)11-8(17)12-7(5)16/h2,13-14H,3-4H2,1H3,(H3,11,12,15,16,17). The van der Waals surface area contributed by atoms with Crippen molar-refractivity contribution in [2.45, 2.75) is 12.5 Å². The molecule has 0 amide bonds. The maximum Gasteiger partial charge on any atom is 0.264 e. The lowest BCUT2D eigenvalue weighted by molar-refractivity contribution is 0.136. The van der Waals surface area contributed by atoms with Crippen molar-refractivity contribution in [3.8, 4) is 5.88 Å². The van der Waals surface area contributed by atoms with Crippen LogP contribution in [0.3, 0.4) is 0 Å². The Morgan fingerprint density at radius 3 is 2.47 bits per heavy atom. The molecule has 1 aromatic heterocycles. The number of aliphatic hydroxyl groups is 2. The Morgan fingerprint density at radius 1 is 1.41 bits per heavy atom. The van der Waals surface area contributed by atoms with Gasteiger partial charge in [-0.05, 0) is 19.1 Å². The summed E-state index contributed by atoms with van der Waals surface area (Å²) in [5.41, 5.74) is -1.83. The van der Waals surface area contributed by atoms with Crippen LogP contribution in [0.15, 0.2) is 9.79 Å². The molecule has 17 heavy (non-hydrogen) atoms. The molecule has 0 unspecified atom stereocenters. The molecule has 0 aliphatic heterocycles. The predicted molar refractivity (Wildman–Crippen MR) is 64.1 cm³/mol. The van der Waals surface area contributed by atoms with E-state index >= 15 is 0 Å². The van der Waals surface area contributed by atoms with Crippen LogP contribution < -0.4 is 5.56 Å². The summed E-state index contributed by atoms with van der Waals surface area (Å²) in [6.45, 7) is 0.725. The first-order valence-electron chi connectivity index (χ1n) is 4.74. The van der Waals surface area contributed by atoms with Crippen LogP contribution in [0.1, 0.15) is 12.5 Å². The second-order valence-electron chi connectivity index (χ2n) is 3.74. The van der Waals surface area contributed by atoms with E-state index < -0.39 is 17.0 Å². The molecule has 94 valence electrons. The van der Waals surface area contributed by atoms with Gasteiger partial charge >= 0.3 is 0 Å². The lowest BCUT2D eigenvalue weighted by atomic mass is 10.1. The molecule has 0 aliphatic rings. The SMILES string of the molecule is CC(CO)(CO)N=Cc1c(O)[nH]c(=S)[nH]c1=O. The number of hydrogen-bond donors (Lipinski definition) is 5. The zero-order valence-corrected chi connectivity index (χ0v) is 9.91. The third kappa shape index (κ3) is 3.22. The molecule has 0 atom stereocenters. The Morgan fingerprint density at radius 2 is 2.00 bits per heavy atom. The lowest BCUT2D eigenvalue weighted by Crippen LogP contribution is -2.32.